The summed E-state index contributed by atoms with van der Waals surface area (Å²) in [7, 11) is 1.61. The summed E-state index contributed by atoms with van der Waals surface area (Å²) in [6.07, 6.45) is 2.88. The number of hydrogen-bond donors (Lipinski definition) is 0. The monoisotopic (exact) mass is 369 g/mol. The number of aromatic nitrogens is 1. The Labute approximate surface area is 163 Å². The second-order valence-corrected chi connectivity index (χ2v) is 6.92. The number of pyridine rings is 1. The lowest BCUT2D eigenvalue weighted by Crippen LogP contribution is -2.41. The van der Waals surface area contributed by atoms with Crippen molar-refractivity contribution in [2.24, 2.45) is 4.99 Å². The van der Waals surface area contributed by atoms with Crippen molar-refractivity contribution in [2.45, 2.75) is 6.42 Å². The van der Waals surface area contributed by atoms with E-state index in [0.717, 1.165) is 53.4 Å². The van der Waals surface area contributed by atoms with Gasteiger partial charge in [-0.25, -0.2) is 4.98 Å². The fourth-order valence-electron chi connectivity index (χ4n) is 3.77. The third-order valence-corrected chi connectivity index (χ3v) is 5.18. The third kappa shape index (κ3) is 2.67. The van der Waals surface area contributed by atoms with Crippen LogP contribution in [-0.4, -0.2) is 36.8 Å². The van der Waals surface area contributed by atoms with Crippen molar-refractivity contribution in [3.8, 4) is 5.75 Å². The predicted molar refractivity (Wildman–Crippen MR) is 111 cm³/mol. The molecule has 0 atom stereocenters. The van der Waals surface area contributed by atoms with Gasteiger partial charge in [-0.05, 0) is 48.9 Å². The average molecular weight is 369 g/mol. The van der Waals surface area contributed by atoms with Crippen LogP contribution in [0.5, 0.6) is 5.75 Å². The smallest absolute Gasteiger partial charge is 0.196 e. The van der Waals surface area contributed by atoms with Crippen molar-refractivity contribution in [3.05, 3.63) is 71.3 Å². The van der Waals surface area contributed by atoms with Gasteiger partial charge in [-0.2, -0.15) is 0 Å². The molecule has 0 fully saturated rings. The molecular weight excluding hydrogens is 350 g/mol. The molecule has 3 heterocycles. The molecule has 5 nitrogen and oxygen atoms in total. The molecule has 1 aromatic heterocycles. The lowest BCUT2D eigenvalue weighted by Gasteiger charge is -2.33. The average Bonchev–Trinajstić information content (AvgIpc) is 2.77. The van der Waals surface area contributed by atoms with Crippen LogP contribution in [0.2, 0.25) is 0 Å². The molecule has 0 saturated heterocycles. The molecule has 0 N–H and O–H groups in total. The largest absolute Gasteiger partial charge is 0.497 e. The first kappa shape index (κ1) is 16.7. The van der Waals surface area contributed by atoms with Crippen LogP contribution in [0.4, 0.5) is 5.82 Å². The number of rotatable bonds is 3. The molecule has 0 bridgehead atoms. The first-order chi connectivity index (χ1) is 13.7. The zero-order valence-corrected chi connectivity index (χ0v) is 15.6. The third-order valence-electron chi connectivity index (χ3n) is 5.18. The quantitative estimate of drug-likeness (QED) is 0.652. The van der Waals surface area contributed by atoms with E-state index in [1.165, 1.54) is 0 Å². The van der Waals surface area contributed by atoms with Gasteiger partial charge in [-0.15, -0.1) is 0 Å². The van der Waals surface area contributed by atoms with Gasteiger partial charge in [0.2, 0.25) is 0 Å². The Hall–Kier alpha value is -3.47. The number of fused-ring (bicyclic) bond motifs is 4. The minimum Gasteiger partial charge on any atom is -0.497 e. The van der Waals surface area contributed by atoms with Crippen molar-refractivity contribution >= 4 is 34.4 Å². The van der Waals surface area contributed by atoms with E-state index in [0.29, 0.717) is 11.1 Å². The van der Waals surface area contributed by atoms with Gasteiger partial charge >= 0.3 is 0 Å². The van der Waals surface area contributed by atoms with Crippen molar-refractivity contribution in [2.75, 3.05) is 25.1 Å². The molecule has 2 aromatic carbocycles. The topological polar surface area (TPSA) is 54.8 Å². The van der Waals surface area contributed by atoms with Crippen molar-refractivity contribution in [1.82, 2.24) is 4.98 Å². The van der Waals surface area contributed by atoms with E-state index in [9.17, 15) is 4.79 Å². The number of benzene rings is 2. The van der Waals surface area contributed by atoms with Gasteiger partial charge in [-0.3, -0.25) is 9.79 Å². The lowest BCUT2D eigenvalue weighted by atomic mass is 9.95. The summed E-state index contributed by atoms with van der Waals surface area (Å²) in [6, 6.07) is 17.3. The minimum absolute atomic E-state index is 0.0351. The highest BCUT2D eigenvalue weighted by atomic mass is 16.5. The van der Waals surface area contributed by atoms with E-state index in [1.54, 1.807) is 31.4 Å². The highest BCUT2D eigenvalue weighted by molar-refractivity contribution is 6.35. The van der Waals surface area contributed by atoms with E-state index in [1.807, 2.05) is 30.3 Å². The first-order valence-corrected chi connectivity index (χ1v) is 9.37. The molecule has 0 spiro atoms. The van der Waals surface area contributed by atoms with Gasteiger partial charge in [0, 0.05) is 29.6 Å². The number of nitrogens with zero attached hydrogens (tertiary/aromatic N) is 3. The number of Topliss-reactive ketones (excluding diaryl/α,β-unsaturated/α-hetero) is 1. The summed E-state index contributed by atoms with van der Waals surface area (Å²) in [5.41, 5.74) is 3.15. The fraction of sp³-hybridized carbons (Fsp3) is 0.174. The van der Waals surface area contributed by atoms with Crippen LogP contribution in [0.15, 0.2) is 65.2 Å². The maximum Gasteiger partial charge on any atom is 0.196 e. The second-order valence-electron chi connectivity index (χ2n) is 6.92. The number of aliphatic imine (C=N–C) groups is 1. The number of carbonyl (C=O) groups excluding carboxylic acids is 1. The Morgan fingerprint density at radius 3 is 2.75 bits per heavy atom. The van der Waals surface area contributed by atoms with Crippen LogP contribution >= 0.6 is 0 Å². The van der Waals surface area contributed by atoms with Gasteiger partial charge in [0.15, 0.2) is 5.78 Å². The number of para-hydroxylation sites is 1. The number of carbonyl (C=O) groups is 1. The van der Waals surface area contributed by atoms with Crippen LogP contribution in [0, 0.1) is 0 Å². The van der Waals surface area contributed by atoms with Crippen LogP contribution < -0.4 is 9.64 Å². The lowest BCUT2D eigenvalue weighted by molar-refractivity contribution is 0.104. The standard InChI is InChI=1S/C23H19N3O2/c1-28-18-9-7-15(8-10-18)21(27)19-14-17-13-16-5-2-3-6-20(16)25-22(17)26-12-4-11-24-23(19)26/h2-3,5-10,13-14H,4,11-12H2,1H3. The molecule has 0 aliphatic carbocycles. The van der Waals surface area contributed by atoms with Crippen molar-refractivity contribution in [3.63, 3.8) is 0 Å². The minimum atomic E-state index is -0.0351. The van der Waals surface area contributed by atoms with E-state index < -0.39 is 0 Å². The molecule has 2 aliphatic rings. The Morgan fingerprint density at radius 1 is 1.11 bits per heavy atom. The van der Waals surface area contributed by atoms with E-state index >= 15 is 0 Å². The molecule has 138 valence electrons. The van der Waals surface area contributed by atoms with Gasteiger partial charge in [-0.1, -0.05) is 18.2 Å². The molecular formula is C23H19N3O2. The Morgan fingerprint density at radius 2 is 1.93 bits per heavy atom. The highest BCUT2D eigenvalue weighted by Crippen LogP contribution is 2.34. The van der Waals surface area contributed by atoms with Gasteiger partial charge in [0.1, 0.15) is 17.4 Å². The summed E-state index contributed by atoms with van der Waals surface area (Å²) < 4.78 is 5.20. The second kappa shape index (κ2) is 6.60. The number of ether oxygens (including phenoxy) is 1. The molecule has 0 saturated carbocycles. The first-order valence-electron chi connectivity index (χ1n) is 9.37. The van der Waals surface area contributed by atoms with Gasteiger partial charge in [0.25, 0.3) is 0 Å². The van der Waals surface area contributed by atoms with Crippen LogP contribution in [0.1, 0.15) is 22.3 Å². The molecule has 3 aromatic rings. The summed E-state index contributed by atoms with van der Waals surface area (Å²) in [6.45, 7) is 1.53. The number of hydrogen-bond acceptors (Lipinski definition) is 5. The molecule has 5 heteroatoms. The summed E-state index contributed by atoms with van der Waals surface area (Å²) >= 11 is 0. The number of ketones is 1. The predicted octanol–water partition coefficient (Wildman–Crippen LogP) is 4.13. The number of amidine groups is 1. The maximum atomic E-state index is 13.3. The molecule has 28 heavy (non-hydrogen) atoms. The summed E-state index contributed by atoms with van der Waals surface area (Å²) in [5.74, 6) is 2.30. The molecule has 0 unspecified atom stereocenters. The normalized spacial score (nSPS) is 15.4. The zero-order chi connectivity index (χ0) is 19.1. The van der Waals surface area contributed by atoms with E-state index in [2.05, 4.69) is 16.0 Å². The van der Waals surface area contributed by atoms with Gasteiger partial charge < -0.3 is 9.64 Å². The Kier molecular flexibility index (Phi) is 3.93. The summed E-state index contributed by atoms with van der Waals surface area (Å²) in [4.78, 5) is 24.9. The van der Waals surface area contributed by atoms with Crippen LogP contribution in [0.3, 0.4) is 0 Å². The molecule has 2 aliphatic heterocycles. The Bertz CT molecular complexity index is 1150. The maximum absolute atomic E-state index is 13.3. The molecule has 5 rings (SSSR count). The van der Waals surface area contributed by atoms with E-state index in [-0.39, 0.29) is 5.78 Å². The van der Waals surface area contributed by atoms with Crippen LogP contribution in [0.25, 0.3) is 17.0 Å². The zero-order valence-electron chi connectivity index (χ0n) is 15.6. The Balaban J connectivity index is 1.66. The van der Waals surface area contributed by atoms with E-state index in [4.69, 9.17) is 9.72 Å². The van der Waals surface area contributed by atoms with Crippen molar-refractivity contribution < 1.29 is 9.53 Å². The number of anilines is 1. The number of methoxy groups -OCH3 is 1. The molecule has 0 amide bonds. The SMILES string of the molecule is COc1ccc(C(=O)C2=Cc3cc4ccccc4nc3N3CCCN=C23)cc1. The summed E-state index contributed by atoms with van der Waals surface area (Å²) in [5, 5.41) is 1.06. The fourth-order valence-corrected chi connectivity index (χ4v) is 3.77. The van der Waals surface area contributed by atoms with Crippen LogP contribution in [-0.2, 0) is 0 Å². The van der Waals surface area contributed by atoms with Crippen molar-refractivity contribution in [1.29, 1.82) is 0 Å². The highest BCUT2D eigenvalue weighted by Gasteiger charge is 2.31. The molecule has 0 radical (unpaired) electrons. The van der Waals surface area contributed by atoms with Gasteiger partial charge in [0.05, 0.1) is 18.2 Å².